The Morgan fingerprint density at radius 3 is 2.74 bits per heavy atom. The highest BCUT2D eigenvalue weighted by molar-refractivity contribution is 5.99. The van der Waals surface area contributed by atoms with E-state index in [1.165, 1.54) is 6.07 Å². The van der Waals surface area contributed by atoms with Crippen LogP contribution in [0.25, 0.3) is 11.0 Å². The first-order valence-corrected chi connectivity index (χ1v) is 8.64. The molecule has 3 aromatic rings. The number of hydrogen-bond acceptors (Lipinski definition) is 5. The molecule has 6 heteroatoms. The molecule has 1 aliphatic heterocycles. The van der Waals surface area contributed by atoms with Crippen LogP contribution in [-0.2, 0) is 16.0 Å². The highest BCUT2D eigenvalue weighted by Crippen LogP contribution is 2.31. The van der Waals surface area contributed by atoms with Gasteiger partial charge in [-0.15, -0.1) is 0 Å². The standard InChI is InChI=1S/C21H17NO5/c1-13-10-14-6-2-4-8-17(14)22(13)19(23)12-26-20(24)16-11-15-7-3-5-9-18(15)27-21(16)25/h2-9,11,13H,10,12H2,1H3/t13-/m0/s1. The summed E-state index contributed by atoms with van der Waals surface area (Å²) in [7, 11) is 0. The number of fused-ring (bicyclic) bond motifs is 2. The van der Waals surface area contributed by atoms with Crippen LogP contribution in [0.1, 0.15) is 22.8 Å². The monoisotopic (exact) mass is 363 g/mol. The van der Waals surface area contributed by atoms with Crippen LogP contribution in [0, 0.1) is 0 Å². The maximum absolute atomic E-state index is 12.6. The van der Waals surface area contributed by atoms with Gasteiger partial charge in [-0.2, -0.15) is 0 Å². The fraction of sp³-hybridized carbons (Fsp3) is 0.190. The van der Waals surface area contributed by atoms with Crippen molar-refractivity contribution in [2.75, 3.05) is 11.5 Å². The number of hydrogen-bond donors (Lipinski definition) is 0. The van der Waals surface area contributed by atoms with Gasteiger partial charge >= 0.3 is 11.6 Å². The van der Waals surface area contributed by atoms with E-state index < -0.39 is 18.2 Å². The van der Waals surface area contributed by atoms with Gasteiger partial charge < -0.3 is 14.1 Å². The molecule has 0 fully saturated rings. The Morgan fingerprint density at radius 1 is 1.15 bits per heavy atom. The molecule has 0 saturated carbocycles. The number of amides is 1. The Kier molecular flexibility index (Phi) is 4.24. The molecule has 4 rings (SSSR count). The zero-order chi connectivity index (χ0) is 19.0. The van der Waals surface area contributed by atoms with Crippen molar-refractivity contribution >= 4 is 28.5 Å². The first-order valence-electron chi connectivity index (χ1n) is 8.64. The number of carbonyl (C=O) groups is 2. The summed E-state index contributed by atoms with van der Waals surface area (Å²) in [5.41, 5.74) is 1.29. The first-order chi connectivity index (χ1) is 13.0. The first kappa shape index (κ1) is 17.0. The van der Waals surface area contributed by atoms with E-state index in [1.54, 1.807) is 29.2 Å². The van der Waals surface area contributed by atoms with Crippen LogP contribution < -0.4 is 10.5 Å². The number of anilines is 1. The van der Waals surface area contributed by atoms with Crippen molar-refractivity contribution in [2.45, 2.75) is 19.4 Å². The van der Waals surface area contributed by atoms with E-state index in [4.69, 9.17) is 9.15 Å². The molecule has 27 heavy (non-hydrogen) atoms. The van der Waals surface area contributed by atoms with Crippen LogP contribution in [-0.4, -0.2) is 24.5 Å². The molecule has 1 amide bonds. The van der Waals surface area contributed by atoms with Gasteiger partial charge in [-0.1, -0.05) is 36.4 Å². The molecule has 136 valence electrons. The summed E-state index contributed by atoms with van der Waals surface area (Å²) in [5.74, 6) is -1.20. The topological polar surface area (TPSA) is 76.8 Å². The Morgan fingerprint density at radius 2 is 1.89 bits per heavy atom. The second kappa shape index (κ2) is 6.72. The van der Waals surface area contributed by atoms with Gasteiger partial charge in [0.2, 0.25) is 0 Å². The van der Waals surface area contributed by atoms with Crippen molar-refractivity contribution in [3.8, 4) is 0 Å². The van der Waals surface area contributed by atoms with Gasteiger partial charge in [-0.05, 0) is 37.1 Å². The lowest BCUT2D eigenvalue weighted by Crippen LogP contribution is -2.39. The van der Waals surface area contributed by atoms with Crippen LogP contribution in [0.3, 0.4) is 0 Å². The molecule has 2 heterocycles. The fourth-order valence-corrected chi connectivity index (χ4v) is 3.42. The average molecular weight is 363 g/mol. The number of para-hydroxylation sites is 2. The second-order valence-corrected chi connectivity index (χ2v) is 6.51. The number of nitrogens with zero attached hydrogens (tertiary/aromatic N) is 1. The second-order valence-electron chi connectivity index (χ2n) is 6.51. The third-order valence-corrected chi connectivity index (χ3v) is 4.66. The summed E-state index contributed by atoms with van der Waals surface area (Å²) in [4.78, 5) is 38.6. The van der Waals surface area contributed by atoms with Crippen molar-refractivity contribution in [1.29, 1.82) is 0 Å². The molecule has 1 aromatic heterocycles. The number of carbonyl (C=O) groups excluding carboxylic acids is 2. The van der Waals surface area contributed by atoms with Gasteiger partial charge in [0.25, 0.3) is 5.91 Å². The normalized spacial score (nSPS) is 15.6. The number of benzene rings is 2. The molecule has 0 N–H and O–H groups in total. The van der Waals surface area contributed by atoms with Crippen LogP contribution in [0.2, 0.25) is 0 Å². The van der Waals surface area contributed by atoms with Crippen LogP contribution in [0.4, 0.5) is 5.69 Å². The lowest BCUT2D eigenvalue weighted by molar-refractivity contribution is -0.122. The predicted octanol–water partition coefficient (Wildman–Crippen LogP) is 2.93. The summed E-state index contributed by atoms with van der Waals surface area (Å²) in [6.45, 7) is 1.50. The Balaban J connectivity index is 1.51. The smallest absolute Gasteiger partial charge is 0.351 e. The molecule has 0 unspecified atom stereocenters. The molecule has 0 aliphatic carbocycles. The van der Waals surface area contributed by atoms with E-state index in [-0.39, 0.29) is 17.5 Å². The maximum atomic E-state index is 12.6. The fourth-order valence-electron chi connectivity index (χ4n) is 3.42. The molecule has 0 bridgehead atoms. The number of rotatable bonds is 3. The maximum Gasteiger partial charge on any atom is 0.351 e. The van der Waals surface area contributed by atoms with Crippen molar-refractivity contribution in [3.63, 3.8) is 0 Å². The summed E-state index contributed by atoms with van der Waals surface area (Å²) in [5, 5.41) is 0.609. The Labute approximate surface area is 155 Å². The van der Waals surface area contributed by atoms with Gasteiger partial charge in [-0.25, -0.2) is 9.59 Å². The van der Waals surface area contributed by atoms with Crippen molar-refractivity contribution < 1.29 is 18.7 Å². The van der Waals surface area contributed by atoms with Crippen molar-refractivity contribution in [2.24, 2.45) is 0 Å². The Bertz CT molecular complexity index is 1100. The SMILES string of the molecule is C[C@H]1Cc2ccccc2N1C(=O)COC(=O)c1cc2ccccc2oc1=O. The third-order valence-electron chi connectivity index (χ3n) is 4.66. The van der Waals surface area contributed by atoms with Gasteiger partial charge in [-0.3, -0.25) is 4.79 Å². The predicted molar refractivity (Wildman–Crippen MR) is 99.9 cm³/mol. The van der Waals surface area contributed by atoms with E-state index in [1.807, 2.05) is 31.2 Å². The van der Waals surface area contributed by atoms with Gasteiger partial charge in [0.05, 0.1) is 0 Å². The molecule has 1 aliphatic rings. The summed E-state index contributed by atoms with van der Waals surface area (Å²) < 4.78 is 10.2. The van der Waals surface area contributed by atoms with Crippen LogP contribution >= 0.6 is 0 Å². The van der Waals surface area contributed by atoms with Crippen LogP contribution in [0.5, 0.6) is 0 Å². The highest BCUT2D eigenvalue weighted by Gasteiger charge is 2.31. The molecule has 6 nitrogen and oxygen atoms in total. The molecular weight excluding hydrogens is 346 g/mol. The summed E-state index contributed by atoms with van der Waals surface area (Å²) >= 11 is 0. The highest BCUT2D eigenvalue weighted by atomic mass is 16.5. The van der Waals surface area contributed by atoms with E-state index in [9.17, 15) is 14.4 Å². The van der Waals surface area contributed by atoms with E-state index in [2.05, 4.69) is 0 Å². The van der Waals surface area contributed by atoms with Gasteiger partial charge in [0.1, 0.15) is 11.1 Å². The quantitative estimate of drug-likeness (QED) is 0.528. The lowest BCUT2D eigenvalue weighted by atomic mass is 10.1. The summed E-state index contributed by atoms with van der Waals surface area (Å²) in [6, 6.07) is 15.9. The minimum absolute atomic E-state index is 0.0145. The zero-order valence-corrected chi connectivity index (χ0v) is 14.7. The van der Waals surface area contributed by atoms with Crippen molar-refractivity contribution in [3.05, 3.63) is 76.1 Å². The largest absolute Gasteiger partial charge is 0.452 e. The minimum atomic E-state index is -0.872. The van der Waals surface area contributed by atoms with E-state index >= 15 is 0 Å². The molecule has 0 spiro atoms. The van der Waals surface area contributed by atoms with Gasteiger partial charge in [0.15, 0.2) is 6.61 Å². The average Bonchev–Trinajstić information content (AvgIpc) is 3.01. The number of ether oxygens (including phenoxy) is 1. The Hall–Kier alpha value is -3.41. The van der Waals surface area contributed by atoms with Crippen LogP contribution in [0.15, 0.2) is 63.8 Å². The molecule has 1 atom stereocenters. The van der Waals surface area contributed by atoms with E-state index in [0.717, 1.165) is 17.7 Å². The lowest BCUT2D eigenvalue weighted by Gasteiger charge is -2.22. The summed E-state index contributed by atoms with van der Waals surface area (Å²) in [6.07, 6.45) is 0.754. The van der Waals surface area contributed by atoms with E-state index in [0.29, 0.717) is 11.0 Å². The number of esters is 1. The van der Waals surface area contributed by atoms with Gasteiger partial charge in [0, 0.05) is 17.1 Å². The molecule has 2 aromatic carbocycles. The van der Waals surface area contributed by atoms with Crippen molar-refractivity contribution in [1.82, 2.24) is 0 Å². The molecule has 0 radical (unpaired) electrons. The zero-order valence-electron chi connectivity index (χ0n) is 14.7. The molecular formula is C21H17NO5. The third kappa shape index (κ3) is 3.10. The minimum Gasteiger partial charge on any atom is -0.452 e. The molecule has 0 saturated heterocycles.